The molecule has 22 heavy (non-hydrogen) atoms. The summed E-state index contributed by atoms with van der Waals surface area (Å²) in [5.74, 6) is 0.844. The first-order chi connectivity index (χ1) is 10.6. The summed E-state index contributed by atoms with van der Waals surface area (Å²) in [6, 6.07) is 7.48. The Kier molecular flexibility index (Phi) is 5.77. The Morgan fingerprint density at radius 2 is 2.14 bits per heavy atom. The van der Waals surface area contributed by atoms with E-state index in [1.165, 1.54) is 0 Å². The predicted octanol–water partition coefficient (Wildman–Crippen LogP) is 3.20. The van der Waals surface area contributed by atoms with Crippen LogP contribution < -0.4 is 15.4 Å². The van der Waals surface area contributed by atoms with Crippen molar-refractivity contribution >= 4 is 17.4 Å². The molecule has 2 rings (SSSR count). The molecule has 2 amide bonds. The number of carbonyl (C=O) groups is 1. The van der Waals surface area contributed by atoms with Gasteiger partial charge in [-0.3, -0.25) is 0 Å². The Bertz CT molecular complexity index is 627. The fraction of sp³-hybridized carbons (Fsp3) is 0.375. The highest BCUT2D eigenvalue weighted by Gasteiger charge is 2.11. The molecule has 1 atom stereocenters. The first-order valence-corrected chi connectivity index (χ1v) is 8.09. The highest BCUT2D eigenvalue weighted by Crippen LogP contribution is 2.16. The number of para-hydroxylation sites is 1. The van der Waals surface area contributed by atoms with E-state index >= 15 is 0 Å². The summed E-state index contributed by atoms with van der Waals surface area (Å²) in [6.07, 6.45) is 0. The quantitative estimate of drug-likeness (QED) is 0.804. The normalized spacial score (nSPS) is 11.8. The van der Waals surface area contributed by atoms with Gasteiger partial charge in [0.2, 0.25) is 0 Å². The number of urea groups is 1. The van der Waals surface area contributed by atoms with Gasteiger partial charge in [-0.25, -0.2) is 9.78 Å². The van der Waals surface area contributed by atoms with E-state index in [1.807, 2.05) is 50.4 Å². The second-order valence-corrected chi connectivity index (χ2v) is 6.09. The van der Waals surface area contributed by atoms with Crippen LogP contribution in [-0.4, -0.2) is 24.2 Å². The lowest BCUT2D eigenvalue weighted by molar-refractivity contribution is 0.233. The summed E-state index contributed by atoms with van der Waals surface area (Å²) < 4.78 is 5.63. The van der Waals surface area contributed by atoms with Crippen LogP contribution in [0.15, 0.2) is 29.6 Å². The van der Waals surface area contributed by atoms with Gasteiger partial charge in [-0.1, -0.05) is 18.2 Å². The lowest BCUT2D eigenvalue weighted by Crippen LogP contribution is -2.39. The molecule has 6 heteroatoms. The third-order valence-corrected chi connectivity index (χ3v) is 3.96. The van der Waals surface area contributed by atoms with Crippen molar-refractivity contribution in [3.63, 3.8) is 0 Å². The molecule has 2 N–H and O–H groups in total. The SMILES string of the molecule is Cc1nc([C@@H](C)NC(=O)NCCOc2ccccc2C)cs1. The van der Waals surface area contributed by atoms with E-state index in [0.717, 1.165) is 22.0 Å². The van der Waals surface area contributed by atoms with Gasteiger partial charge in [0.05, 0.1) is 23.3 Å². The third-order valence-electron chi connectivity index (χ3n) is 3.17. The number of amides is 2. The van der Waals surface area contributed by atoms with Crippen molar-refractivity contribution in [1.82, 2.24) is 15.6 Å². The van der Waals surface area contributed by atoms with Gasteiger partial charge >= 0.3 is 6.03 Å². The highest BCUT2D eigenvalue weighted by atomic mass is 32.1. The second-order valence-electron chi connectivity index (χ2n) is 5.03. The number of nitrogens with zero attached hydrogens (tertiary/aromatic N) is 1. The van der Waals surface area contributed by atoms with Crippen LogP contribution in [-0.2, 0) is 0 Å². The molecule has 118 valence electrons. The molecule has 0 aliphatic heterocycles. The topological polar surface area (TPSA) is 63.2 Å². The number of benzene rings is 1. The van der Waals surface area contributed by atoms with Crippen molar-refractivity contribution in [2.75, 3.05) is 13.2 Å². The zero-order chi connectivity index (χ0) is 15.9. The number of aryl methyl sites for hydroxylation is 2. The van der Waals surface area contributed by atoms with Crippen molar-refractivity contribution in [3.8, 4) is 5.75 Å². The number of nitrogens with one attached hydrogen (secondary N) is 2. The van der Waals surface area contributed by atoms with Crippen LogP contribution >= 0.6 is 11.3 Å². The maximum atomic E-state index is 11.8. The maximum absolute atomic E-state index is 11.8. The molecule has 2 aromatic rings. The maximum Gasteiger partial charge on any atom is 0.315 e. The molecule has 0 aliphatic rings. The standard InChI is InChI=1S/C16H21N3O2S/c1-11-6-4-5-7-15(11)21-9-8-17-16(20)18-12(2)14-10-22-13(3)19-14/h4-7,10,12H,8-9H2,1-3H3,(H2,17,18,20)/t12-/m1/s1. The lowest BCUT2D eigenvalue weighted by atomic mass is 10.2. The Hall–Kier alpha value is -2.08. The number of hydrogen-bond acceptors (Lipinski definition) is 4. The molecule has 0 aliphatic carbocycles. The van der Waals surface area contributed by atoms with Crippen LogP contribution in [0.4, 0.5) is 4.79 Å². The summed E-state index contributed by atoms with van der Waals surface area (Å²) in [5.41, 5.74) is 1.97. The molecule has 0 fully saturated rings. The largest absolute Gasteiger partial charge is 0.491 e. The van der Waals surface area contributed by atoms with E-state index in [2.05, 4.69) is 15.6 Å². The first-order valence-electron chi connectivity index (χ1n) is 7.21. The molecule has 1 aromatic carbocycles. The van der Waals surface area contributed by atoms with Gasteiger partial charge in [0, 0.05) is 5.38 Å². The predicted molar refractivity (Wildman–Crippen MR) is 88.5 cm³/mol. The summed E-state index contributed by atoms with van der Waals surface area (Å²) in [4.78, 5) is 16.2. The van der Waals surface area contributed by atoms with Gasteiger partial charge in [-0.15, -0.1) is 11.3 Å². The van der Waals surface area contributed by atoms with Crippen molar-refractivity contribution in [1.29, 1.82) is 0 Å². The van der Waals surface area contributed by atoms with Gasteiger partial charge in [-0.05, 0) is 32.4 Å². The van der Waals surface area contributed by atoms with Gasteiger partial charge < -0.3 is 15.4 Å². The Morgan fingerprint density at radius 3 is 2.82 bits per heavy atom. The van der Waals surface area contributed by atoms with Crippen molar-refractivity contribution in [2.45, 2.75) is 26.8 Å². The molecule has 0 bridgehead atoms. The van der Waals surface area contributed by atoms with E-state index < -0.39 is 0 Å². The summed E-state index contributed by atoms with van der Waals surface area (Å²) >= 11 is 1.58. The minimum atomic E-state index is -0.216. The first kappa shape index (κ1) is 16.3. The Labute approximate surface area is 134 Å². The van der Waals surface area contributed by atoms with Crippen LogP contribution in [0.5, 0.6) is 5.75 Å². The number of rotatable bonds is 6. The van der Waals surface area contributed by atoms with Crippen molar-refractivity contribution < 1.29 is 9.53 Å². The van der Waals surface area contributed by atoms with E-state index in [4.69, 9.17) is 4.74 Å². The molecule has 0 spiro atoms. The highest BCUT2D eigenvalue weighted by molar-refractivity contribution is 7.09. The number of hydrogen-bond donors (Lipinski definition) is 2. The molecular weight excluding hydrogens is 298 g/mol. The van der Waals surface area contributed by atoms with E-state index in [0.29, 0.717) is 13.2 Å². The van der Waals surface area contributed by atoms with E-state index in [1.54, 1.807) is 11.3 Å². The number of thiazole rings is 1. The summed E-state index contributed by atoms with van der Waals surface area (Å²) in [6.45, 7) is 6.74. The summed E-state index contributed by atoms with van der Waals surface area (Å²) in [5, 5.41) is 8.59. The van der Waals surface area contributed by atoms with Crippen LogP contribution in [0.1, 0.15) is 29.2 Å². The monoisotopic (exact) mass is 319 g/mol. The van der Waals surface area contributed by atoms with Gasteiger partial charge in [-0.2, -0.15) is 0 Å². The van der Waals surface area contributed by atoms with E-state index in [-0.39, 0.29) is 12.1 Å². The number of ether oxygens (including phenoxy) is 1. The average Bonchev–Trinajstić information content (AvgIpc) is 2.92. The molecule has 0 radical (unpaired) electrons. The zero-order valence-corrected chi connectivity index (χ0v) is 13.9. The molecular formula is C16H21N3O2S. The smallest absolute Gasteiger partial charge is 0.315 e. The summed E-state index contributed by atoms with van der Waals surface area (Å²) in [7, 11) is 0. The van der Waals surface area contributed by atoms with Gasteiger partial charge in [0.25, 0.3) is 0 Å². The van der Waals surface area contributed by atoms with Crippen molar-refractivity contribution in [2.24, 2.45) is 0 Å². The van der Waals surface area contributed by atoms with Gasteiger partial charge in [0.15, 0.2) is 0 Å². The minimum Gasteiger partial charge on any atom is -0.491 e. The average molecular weight is 319 g/mol. The lowest BCUT2D eigenvalue weighted by Gasteiger charge is -2.13. The van der Waals surface area contributed by atoms with Crippen LogP contribution in [0, 0.1) is 13.8 Å². The Morgan fingerprint density at radius 1 is 1.36 bits per heavy atom. The number of carbonyl (C=O) groups excluding carboxylic acids is 1. The van der Waals surface area contributed by atoms with E-state index in [9.17, 15) is 4.79 Å². The molecule has 1 aromatic heterocycles. The molecule has 1 heterocycles. The number of aromatic nitrogens is 1. The fourth-order valence-corrected chi connectivity index (χ4v) is 2.65. The molecule has 5 nitrogen and oxygen atoms in total. The van der Waals surface area contributed by atoms with Crippen LogP contribution in [0.2, 0.25) is 0 Å². The molecule has 0 saturated carbocycles. The zero-order valence-electron chi connectivity index (χ0n) is 13.1. The minimum absolute atomic E-state index is 0.109. The molecule has 0 saturated heterocycles. The second kappa shape index (κ2) is 7.79. The third kappa shape index (κ3) is 4.73. The molecule has 0 unspecified atom stereocenters. The van der Waals surface area contributed by atoms with Gasteiger partial charge in [0.1, 0.15) is 12.4 Å². The van der Waals surface area contributed by atoms with Crippen LogP contribution in [0.25, 0.3) is 0 Å². The fourth-order valence-electron chi connectivity index (χ4n) is 1.94. The van der Waals surface area contributed by atoms with Crippen LogP contribution in [0.3, 0.4) is 0 Å². The van der Waals surface area contributed by atoms with Crippen molar-refractivity contribution in [3.05, 3.63) is 45.9 Å². The Balaban J connectivity index is 1.69.